The second-order valence-corrected chi connectivity index (χ2v) is 7.17. The highest BCUT2D eigenvalue weighted by Gasteiger charge is 2.48. The summed E-state index contributed by atoms with van der Waals surface area (Å²) in [5, 5.41) is 9.21. The van der Waals surface area contributed by atoms with Gasteiger partial charge in [0.25, 0.3) is 5.91 Å². The van der Waals surface area contributed by atoms with Crippen LogP contribution >= 0.6 is 27.7 Å². The largest absolute Gasteiger partial charge is 0.480 e. The Morgan fingerprint density at radius 3 is 2.71 bits per heavy atom. The first-order valence-corrected chi connectivity index (χ1v) is 8.46. The number of amides is 1. The van der Waals surface area contributed by atoms with Gasteiger partial charge in [0.05, 0.1) is 15.4 Å². The summed E-state index contributed by atoms with van der Waals surface area (Å²) in [6.45, 7) is 0. The predicted octanol–water partition coefficient (Wildman–Crippen LogP) is 2.97. The standard InChI is InChI=1S/C14H13BrFNO3S/c15-11-8(2-1-3-9(11)16)12(18)17-10(14(19)20)6-21-13(17)7-4-5-7/h1-3,7,10,13H,4-6H2,(H,19,20). The van der Waals surface area contributed by atoms with E-state index in [2.05, 4.69) is 15.9 Å². The Morgan fingerprint density at radius 2 is 2.10 bits per heavy atom. The minimum Gasteiger partial charge on any atom is -0.480 e. The van der Waals surface area contributed by atoms with Crippen LogP contribution in [0.15, 0.2) is 22.7 Å². The van der Waals surface area contributed by atoms with Crippen molar-refractivity contribution in [2.75, 3.05) is 5.75 Å². The molecule has 1 aliphatic carbocycles. The van der Waals surface area contributed by atoms with Gasteiger partial charge in [0.2, 0.25) is 0 Å². The van der Waals surface area contributed by atoms with Crippen molar-refractivity contribution in [2.24, 2.45) is 5.92 Å². The number of nitrogens with zero attached hydrogens (tertiary/aromatic N) is 1. The summed E-state index contributed by atoms with van der Waals surface area (Å²) < 4.78 is 13.7. The lowest BCUT2D eigenvalue weighted by atomic mass is 10.1. The van der Waals surface area contributed by atoms with Gasteiger partial charge in [0.1, 0.15) is 11.9 Å². The van der Waals surface area contributed by atoms with Crippen molar-refractivity contribution in [3.63, 3.8) is 0 Å². The van der Waals surface area contributed by atoms with Gasteiger partial charge in [-0.1, -0.05) is 6.07 Å². The molecular weight excluding hydrogens is 361 g/mol. The number of thioether (sulfide) groups is 1. The van der Waals surface area contributed by atoms with E-state index in [1.165, 1.54) is 34.9 Å². The van der Waals surface area contributed by atoms with E-state index in [0.29, 0.717) is 11.7 Å². The highest BCUT2D eigenvalue weighted by Crippen LogP contribution is 2.46. The Kier molecular flexibility index (Phi) is 3.96. The lowest BCUT2D eigenvalue weighted by Gasteiger charge is -2.27. The molecule has 112 valence electrons. The number of carboxylic acids is 1. The number of aliphatic carboxylic acids is 1. The van der Waals surface area contributed by atoms with Gasteiger partial charge in [-0.2, -0.15) is 0 Å². The Morgan fingerprint density at radius 1 is 1.38 bits per heavy atom. The van der Waals surface area contributed by atoms with E-state index in [0.717, 1.165) is 12.8 Å². The van der Waals surface area contributed by atoms with Gasteiger partial charge in [-0.15, -0.1) is 11.8 Å². The van der Waals surface area contributed by atoms with Gasteiger partial charge >= 0.3 is 5.97 Å². The van der Waals surface area contributed by atoms with E-state index in [1.807, 2.05) is 0 Å². The average molecular weight is 374 g/mol. The molecule has 0 aromatic heterocycles. The zero-order chi connectivity index (χ0) is 15.1. The van der Waals surface area contributed by atoms with Crippen LogP contribution in [0, 0.1) is 11.7 Å². The van der Waals surface area contributed by atoms with Crippen molar-refractivity contribution in [2.45, 2.75) is 24.3 Å². The van der Waals surface area contributed by atoms with Crippen LogP contribution in [0.1, 0.15) is 23.2 Å². The molecule has 2 atom stereocenters. The van der Waals surface area contributed by atoms with Crippen LogP contribution in [-0.4, -0.2) is 39.1 Å². The Labute approximate surface area is 133 Å². The maximum absolute atomic E-state index is 13.6. The molecule has 2 aliphatic rings. The first-order valence-electron chi connectivity index (χ1n) is 6.61. The van der Waals surface area contributed by atoms with Crippen LogP contribution in [0.2, 0.25) is 0 Å². The molecule has 0 radical (unpaired) electrons. The maximum atomic E-state index is 13.6. The van der Waals surface area contributed by atoms with Crippen molar-refractivity contribution < 1.29 is 19.1 Å². The lowest BCUT2D eigenvalue weighted by Crippen LogP contribution is -2.46. The van der Waals surface area contributed by atoms with E-state index >= 15 is 0 Å². The lowest BCUT2D eigenvalue weighted by molar-refractivity contribution is -0.141. The number of carbonyl (C=O) groups excluding carboxylic acids is 1. The quantitative estimate of drug-likeness (QED) is 0.884. The third kappa shape index (κ3) is 2.68. The first kappa shape index (κ1) is 14.8. The topological polar surface area (TPSA) is 57.6 Å². The predicted molar refractivity (Wildman–Crippen MR) is 80.7 cm³/mol. The fraction of sp³-hybridized carbons (Fsp3) is 0.429. The van der Waals surface area contributed by atoms with Crippen molar-refractivity contribution in [1.29, 1.82) is 0 Å². The number of rotatable bonds is 3. The molecule has 1 aromatic rings. The van der Waals surface area contributed by atoms with E-state index in [4.69, 9.17) is 0 Å². The minimum atomic E-state index is -1.01. The van der Waals surface area contributed by atoms with Crippen LogP contribution in [0.25, 0.3) is 0 Å². The van der Waals surface area contributed by atoms with Crippen molar-refractivity contribution in [3.05, 3.63) is 34.1 Å². The number of hydrogen-bond acceptors (Lipinski definition) is 3. The molecule has 0 spiro atoms. The second-order valence-electron chi connectivity index (χ2n) is 5.23. The van der Waals surface area contributed by atoms with Gasteiger partial charge in [-0.05, 0) is 46.8 Å². The van der Waals surface area contributed by atoms with Gasteiger partial charge < -0.3 is 10.0 Å². The summed E-state index contributed by atoms with van der Waals surface area (Å²) in [5.74, 6) is -1.21. The van der Waals surface area contributed by atoms with Crippen LogP contribution in [0.3, 0.4) is 0 Å². The minimum absolute atomic E-state index is 0.0885. The average Bonchev–Trinajstić information content (AvgIpc) is 3.19. The zero-order valence-electron chi connectivity index (χ0n) is 11.0. The fourth-order valence-electron chi connectivity index (χ4n) is 2.53. The normalized spacial score (nSPS) is 25.1. The summed E-state index contributed by atoms with van der Waals surface area (Å²) in [6, 6.07) is 3.38. The molecule has 1 N–H and O–H groups in total. The fourth-order valence-corrected chi connectivity index (χ4v) is 4.59. The highest BCUT2D eigenvalue weighted by atomic mass is 79.9. The third-order valence-corrected chi connectivity index (χ3v) is 6.03. The Hall–Kier alpha value is -1.08. The highest BCUT2D eigenvalue weighted by molar-refractivity contribution is 9.10. The number of carboxylic acid groups (broad SMARTS) is 1. The molecule has 2 fully saturated rings. The van der Waals surface area contributed by atoms with Gasteiger partial charge in [-0.3, -0.25) is 4.79 Å². The molecule has 7 heteroatoms. The molecule has 2 unspecified atom stereocenters. The van der Waals surface area contributed by atoms with Crippen LogP contribution in [-0.2, 0) is 4.79 Å². The number of carbonyl (C=O) groups is 2. The molecule has 1 aliphatic heterocycles. The second kappa shape index (κ2) is 5.61. The molecule has 3 rings (SSSR count). The van der Waals surface area contributed by atoms with Crippen LogP contribution < -0.4 is 0 Å². The molecule has 1 aromatic carbocycles. The van der Waals surface area contributed by atoms with Crippen molar-refractivity contribution >= 4 is 39.6 Å². The van der Waals surface area contributed by atoms with Crippen molar-refractivity contribution in [1.82, 2.24) is 4.90 Å². The van der Waals surface area contributed by atoms with Gasteiger partial charge in [-0.25, -0.2) is 9.18 Å². The van der Waals surface area contributed by atoms with Crippen molar-refractivity contribution in [3.8, 4) is 0 Å². The molecule has 1 saturated carbocycles. The van der Waals surface area contributed by atoms with Crippen LogP contribution in [0.5, 0.6) is 0 Å². The summed E-state index contributed by atoms with van der Waals surface area (Å²) >= 11 is 4.59. The zero-order valence-corrected chi connectivity index (χ0v) is 13.4. The Bertz CT molecular complexity index is 608. The molecular formula is C14H13BrFNO3S. The first-order chi connectivity index (χ1) is 10.0. The molecule has 1 amide bonds. The number of hydrogen-bond donors (Lipinski definition) is 1. The monoisotopic (exact) mass is 373 g/mol. The summed E-state index contributed by atoms with van der Waals surface area (Å²) in [5.41, 5.74) is 0.175. The van der Waals surface area contributed by atoms with E-state index in [-0.39, 0.29) is 15.4 Å². The van der Waals surface area contributed by atoms with E-state index < -0.39 is 23.7 Å². The summed E-state index contributed by atoms with van der Waals surface area (Å²) in [6.07, 6.45) is 2.02. The van der Waals surface area contributed by atoms with E-state index in [9.17, 15) is 19.1 Å². The molecule has 4 nitrogen and oxygen atoms in total. The molecule has 0 bridgehead atoms. The molecule has 1 heterocycles. The molecule has 21 heavy (non-hydrogen) atoms. The van der Waals surface area contributed by atoms with E-state index in [1.54, 1.807) is 0 Å². The number of halogens is 2. The maximum Gasteiger partial charge on any atom is 0.327 e. The Balaban J connectivity index is 1.96. The van der Waals surface area contributed by atoms with Crippen LogP contribution in [0.4, 0.5) is 4.39 Å². The summed E-state index contributed by atoms with van der Waals surface area (Å²) in [4.78, 5) is 25.5. The molecule has 1 saturated heterocycles. The summed E-state index contributed by atoms with van der Waals surface area (Å²) in [7, 11) is 0. The van der Waals surface area contributed by atoms with Gasteiger partial charge in [0, 0.05) is 5.75 Å². The van der Waals surface area contributed by atoms with Gasteiger partial charge in [0.15, 0.2) is 0 Å². The number of benzene rings is 1. The smallest absolute Gasteiger partial charge is 0.327 e. The third-order valence-electron chi connectivity index (χ3n) is 3.76. The SMILES string of the molecule is O=C(O)C1CSC(C2CC2)N1C(=O)c1cccc(F)c1Br.